The van der Waals surface area contributed by atoms with Gasteiger partial charge in [-0.3, -0.25) is 9.97 Å². The topological polar surface area (TPSA) is 78.4 Å². The number of rotatable bonds is 8. The smallest absolute Gasteiger partial charge is 0.338 e. The molecule has 0 aliphatic heterocycles. The molecule has 2 aromatic rings. The van der Waals surface area contributed by atoms with Crippen LogP contribution in [0.4, 0.5) is 0 Å². The Morgan fingerprint density at radius 1 is 0.783 bits per heavy atom. The number of hydrogen-bond donors (Lipinski definition) is 0. The van der Waals surface area contributed by atoms with E-state index in [0.717, 1.165) is 0 Å². The average molecular weight is 332 g/mol. The normalized spacial score (nSPS) is 10.1. The van der Waals surface area contributed by atoms with E-state index in [1.165, 1.54) is 0 Å². The van der Waals surface area contributed by atoms with Crippen molar-refractivity contribution in [3.8, 4) is 0 Å². The van der Waals surface area contributed by atoms with Crippen molar-refractivity contribution in [1.29, 1.82) is 0 Å². The van der Waals surface area contributed by atoms with E-state index in [9.17, 15) is 9.59 Å². The molecule has 6 nitrogen and oxygen atoms in total. The molecule has 2 heterocycles. The Labute approximate surface area is 138 Å². The van der Waals surface area contributed by atoms with E-state index in [0.29, 0.717) is 35.8 Å². The number of ether oxygens (including phenoxy) is 2. The first-order chi connectivity index (χ1) is 11.3. The van der Waals surface area contributed by atoms with Crippen molar-refractivity contribution >= 4 is 23.7 Å². The number of thioether (sulfide) groups is 1. The van der Waals surface area contributed by atoms with Gasteiger partial charge in [-0.15, -0.1) is 0 Å². The largest absolute Gasteiger partial charge is 0.461 e. The minimum atomic E-state index is -0.364. The molecule has 0 saturated heterocycles. The van der Waals surface area contributed by atoms with Crippen LogP contribution >= 0.6 is 11.8 Å². The van der Waals surface area contributed by atoms with Crippen molar-refractivity contribution < 1.29 is 19.1 Å². The van der Waals surface area contributed by atoms with Crippen LogP contribution in [0, 0.1) is 0 Å². The molecule has 2 aromatic heterocycles. The molecule has 0 unspecified atom stereocenters. The van der Waals surface area contributed by atoms with E-state index in [1.54, 1.807) is 60.8 Å². The number of esters is 2. The lowest BCUT2D eigenvalue weighted by molar-refractivity contribution is 0.0525. The fourth-order valence-electron chi connectivity index (χ4n) is 1.63. The third-order valence-corrected chi connectivity index (χ3v) is 3.66. The summed E-state index contributed by atoms with van der Waals surface area (Å²) in [5, 5.41) is 0. The zero-order valence-corrected chi connectivity index (χ0v) is 13.2. The quantitative estimate of drug-likeness (QED) is 0.542. The standard InChI is InChI=1S/C16H16N2O4S/c19-15(13-1-5-17-6-2-13)21-9-11-23-12-10-22-16(20)14-3-7-18-8-4-14/h1-8H,9-12H2. The first-order valence-corrected chi connectivity index (χ1v) is 8.15. The van der Waals surface area contributed by atoms with Crippen LogP contribution in [0.2, 0.25) is 0 Å². The molecule has 0 bridgehead atoms. The predicted octanol–water partition coefficient (Wildman–Crippen LogP) is 2.22. The third kappa shape index (κ3) is 6.07. The van der Waals surface area contributed by atoms with Gasteiger partial charge in [-0.25, -0.2) is 9.59 Å². The maximum absolute atomic E-state index is 11.6. The number of carbonyl (C=O) groups excluding carboxylic acids is 2. The van der Waals surface area contributed by atoms with Crippen molar-refractivity contribution in [2.75, 3.05) is 24.7 Å². The van der Waals surface area contributed by atoms with Gasteiger partial charge in [-0.1, -0.05) is 0 Å². The Balaban J connectivity index is 1.53. The molecular formula is C16H16N2O4S. The molecular weight excluding hydrogens is 316 g/mol. The maximum Gasteiger partial charge on any atom is 0.338 e. The summed E-state index contributed by atoms with van der Waals surface area (Å²) >= 11 is 1.55. The van der Waals surface area contributed by atoms with Crippen LogP contribution in [0.5, 0.6) is 0 Å². The lowest BCUT2D eigenvalue weighted by atomic mass is 10.3. The first kappa shape index (κ1) is 17.0. The second-order valence-electron chi connectivity index (χ2n) is 4.36. The second-order valence-corrected chi connectivity index (χ2v) is 5.58. The van der Waals surface area contributed by atoms with E-state index in [2.05, 4.69) is 9.97 Å². The molecule has 0 amide bonds. The Hall–Kier alpha value is -2.41. The summed E-state index contributed by atoms with van der Waals surface area (Å²) < 4.78 is 10.2. The Morgan fingerprint density at radius 2 is 1.17 bits per heavy atom. The van der Waals surface area contributed by atoms with Gasteiger partial charge in [-0.2, -0.15) is 11.8 Å². The van der Waals surface area contributed by atoms with Crippen molar-refractivity contribution in [1.82, 2.24) is 9.97 Å². The van der Waals surface area contributed by atoms with Crippen molar-refractivity contribution in [3.05, 3.63) is 60.2 Å². The molecule has 7 heteroatoms. The maximum atomic E-state index is 11.6. The fourth-order valence-corrected chi connectivity index (χ4v) is 2.24. The summed E-state index contributed by atoms with van der Waals surface area (Å²) in [7, 11) is 0. The SMILES string of the molecule is O=C(OCCSCCOC(=O)c1ccncc1)c1ccncc1. The highest BCUT2D eigenvalue weighted by atomic mass is 32.2. The summed E-state index contributed by atoms with van der Waals surface area (Å²) in [5.74, 6) is 0.557. The number of carbonyl (C=O) groups is 2. The Bertz CT molecular complexity index is 567. The Kier molecular flexibility index (Phi) is 7.06. The van der Waals surface area contributed by atoms with Crippen LogP contribution in [0.15, 0.2) is 49.1 Å². The lowest BCUT2D eigenvalue weighted by Crippen LogP contribution is -2.10. The van der Waals surface area contributed by atoms with Gasteiger partial charge >= 0.3 is 11.9 Å². The predicted molar refractivity (Wildman–Crippen MR) is 86.4 cm³/mol. The molecule has 0 aliphatic rings. The molecule has 0 fully saturated rings. The fraction of sp³-hybridized carbons (Fsp3) is 0.250. The van der Waals surface area contributed by atoms with Crippen LogP contribution in [-0.4, -0.2) is 46.6 Å². The first-order valence-electron chi connectivity index (χ1n) is 6.99. The van der Waals surface area contributed by atoms with Gasteiger partial charge in [0.2, 0.25) is 0 Å². The number of hydrogen-bond acceptors (Lipinski definition) is 7. The van der Waals surface area contributed by atoms with E-state index in [-0.39, 0.29) is 11.9 Å². The number of pyridine rings is 2. The highest BCUT2D eigenvalue weighted by molar-refractivity contribution is 7.99. The van der Waals surface area contributed by atoms with Gasteiger partial charge in [0.05, 0.1) is 11.1 Å². The summed E-state index contributed by atoms with van der Waals surface area (Å²) in [6.07, 6.45) is 6.18. The lowest BCUT2D eigenvalue weighted by Gasteiger charge is -2.06. The molecule has 0 spiro atoms. The third-order valence-electron chi connectivity index (χ3n) is 2.75. The number of nitrogens with zero attached hydrogens (tertiary/aromatic N) is 2. The van der Waals surface area contributed by atoms with Crippen LogP contribution in [0.25, 0.3) is 0 Å². The zero-order chi connectivity index (χ0) is 16.3. The van der Waals surface area contributed by atoms with Crippen LogP contribution in [0.3, 0.4) is 0 Å². The number of aromatic nitrogens is 2. The highest BCUT2D eigenvalue weighted by Gasteiger charge is 2.07. The summed E-state index contributed by atoms with van der Waals surface area (Å²) in [6, 6.07) is 6.42. The Morgan fingerprint density at radius 3 is 1.57 bits per heavy atom. The molecule has 120 valence electrons. The van der Waals surface area contributed by atoms with Crippen molar-refractivity contribution in [2.45, 2.75) is 0 Å². The van der Waals surface area contributed by atoms with E-state index in [4.69, 9.17) is 9.47 Å². The van der Waals surface area contributed by atoms with E-state index >= 15 is 0 Å². The van der Waals surface area contributed by atoms with E-state index < -0.39 is 0 Å². The molecule has 2 rings (SSSR count). The molecule has 0 atom stereocenters. The molecule has 23 heavy (non-hydrogen) atoms. The van der Waals surface area contributed by atoms with Gasteiger partial charge in [0, 0.05) is 36.3 Å². The monoisotopic (exact) mass is 332 g/mol. The van der Waals surface area contributed by atoms with Gasteiger partial charge in [0.15, 0.2) is 0 Å². The molecule has 0 aliphatic carbocycles. The molecule has 0 N–H and O–H groups in total. The summed E-state index contributed by atoms with van der Waals surface area (Å²) in [4.78, 5) is 31.0. The van der Waals surface area contributed by atoms with Gasteiger partial charge in [0.25, 0.3) is 0 Å². The van der Waals surface area contributed by atoms with Crippen LogP contribution < -0.4 is 0 Å². The molecule has 0 radical (unpaired) electrons. The highest BCUT2D eigenvalue weighted by Crippen LogP contribution is 2.04. The minimum Gasteiger partial charge on any atom is -0.461 e. The van der Waals surface area contributed by atoms with Gasteiger partial charge < -0.3 is 9.47 Å². The van der Waals surface area contributed by atoms with Crippen LogP contribution in [0.1, 0.15) is 20.7 Å². The average Bonchev–Trinajstić information content (AvgIpc) is 2.62. The van der Waals surface area contributed by atoms with Gasteiger partial charge in [0.1, 0.15) is 13.2 Å². The summed E-state index contributed by atoms with van der Waals surface area (Å²) in [5.41, 5.74) is 0.965. The van der Waals surface area contributed by atoms with Crippen LogP contribution in [-0.2, 0) is 9.47 Å². The van der Waals surface area contributed by atoms with Crippen molar-refractivity contribution in [3.63, 3.8) is 0 Å². The summed E-state index contributed by atoms with van der Waals surface area (Å²) in [6.45, 7) is 0.619. The molecule has 0 aromatic carbocycles. The minimum absolute atomic E-state index is 0.310. The van der Waals surface area contributed by atoms with E-state index in [1.807, 2.05) is 0 Å². The van der Waals surface area contributed by atoms with Crippen molar-refractivity contribution in [2.24, 2.45) is 0 Å². The molecule has 0 saturated carbocycles. The second kappa shape index (κ2) is 9.58. The zero-order valence-electron chi connectivity index (χ0n) is 12.4. The van der Waals surface area contributed by atoms with Gasteiger partial charge in [-0.05, 0) is 24.3 Å².